The molecule has 4 nitrogen and oxygen atoms in total. The summed E-state index contributed by atoms with van der Waals surface area (Å²) < 4.78 is 17.0. The molecule has 0 fully saturated rings. The smallest absolute Gasteiger partial charge is 0.161 e. The van der Waals surface area contributed by atoms with Crippen LogP contribution in [0.2, 0.25) is 0 Å². The predicted octanol–water partition coefficient (Wildman–Crippen LogP) is 3.72. The van der Waals surface area contributed by atoms with Gasteiger partial charge in [0.2, 0.25) is 0 Å². The molecule has 2 aromatic carbocycles. The van der Waals surface area contributed by atoms with Crippen LogP contribution in [0.3, 0.4) is 0 Å². The minimum absolute atomic E-state index is 0.344. The number of fused-ring (bicyclic) bond motifs is 3. The highest BCUT2D eigenvalue weighted by atomic mass is 16.5. The lowest BCUT2D eigenvalue weighted by atomic mass is 9.94. The molecule has 128 valence electrons. The van der Waals surface area contributed by atoms with Gasteiger partial charge in [-0.1, -0.05) is 24.3 Å². The molecule has 3 rings (SSSR count). The van der Waals surface area contributed by atoms with Crippen LogP contribution in [0.5, 0.6) is 11.5 Å². The Morgan fingerprint density at radius 3 is 2.46 bits per heavy atom. The topological polar surface area (TPSA) is 30.9 Å². The van der Waals surface area contributed by atoms with Crippen molar-refractivity contribution in [2.24, 2.45) is 0 Å². The van der Waals surface area contributed by atoms with Gasteiger partial charge in [0, 0.05) is 12.6 Å². The molecule has 0 saturated carbocycles. The Labute approximate surface area is 144 Å². The molecular weight excluding hydrogens is 302 g/mol. The molecule has 4 heteroatoms. The molecule has 24 heavy (non-hydrogen) atoms. The van der Waals surface area contributed by atoms with Crippen molar-refractivity contribution >= 4 is 0 Å². The van der Waals surface area contributed by atoms with Crippen LogP contribution in [-0.2, 0) is 17.9 Å². The standard InChI is InChI=1S/C20H25NO3/c1-14-12-24-13-15-7-5-6-8-17(15)18-10-20(23-4)19(22-3)9-16(18)11-21(14)2/h5-10,14H,11-13H2,1-4H3/t14-/m1/s1. The number of rotatable bonds is 2. The molecule has 0 aliphatic carbocycles. The van der Waals surface area contributed by atoms with Crippen LogP contribution in [0, 0.1) is 0 Å². The Kier molecular flexibility index (Phi) is 5.07. The van der Waals surface area contributed by atoms with Crippen molar-refractivity contribution < 1.29 is 14.2 Å². The molecule has 0 amide bonds. The summed E-state index contributed by atoms with van der Waals surface area (Å²) >= 11 is 0. The number of benzene rings is 2. The van der Waals surface area contributed by atoms with E-state index in [1.54, 1.807) is 14.2 Å². The highest BCUT2D eigenvalue weighted by Crippen LogP contribution is 2.38. The van der Waals surface area contributed by atoms with E-state index in [-0.39, 0.29) is 0 Å². The number of nitrogens with zero attached hydrogens (tertiary/aromatic N) is 1. The van der Waals surface area contributed by atoms with Crippen molar-refractivity contribution in [1.82, 2.24) is 4.90 Å². The van der Waals surface area contributed by atoms with Crippen LogP contribution in [0.4, 0.5) is 0 Å². The molecular formula is C20H25NO3. The van der Waals surface area contributed by atoms with E-state index in [1.165, 1.54) is 22.3 Å². The van der Waals surface area contributed by atoms with Crippen LogP contribution in [0.15, 0.2) is 36.4 Å². The van der Waals surface area contributed by atoms with Crippen LogP contribution >= 0.6 is 0 Å². The number of likely N-dealkylation sites (N-methyl/N-ethyl adjacent to an activating group) is 1. The maximum atomic E-state index is 5.94. The Balaban J connectivity index is 2.20. The van der Waals surface area contributed by atoms with Gasteiger partial charge in [-0.05, 0) is 48.4 Å². The second-order valence-corrected chi connectivity index (χ2v) is 6.30. The van der Waals surface area contributed by atoms with Crippen molar-refractivity contribution in [2.45, 2.75) is 26.1 Å². The van der Waals surface area contributed by atoms with Crippen LogP contribution in [0.25, 0.3) is 11.1 Å². The minimum atomic E-state index is 0.344. The first kappa shape index (κ1) is 16.8. The summed E-state index contributed by atoms with van der Waals surface area (Å²) in [5.74, 6) is 1.52. The maximum absolute atomic E-state index is 5.94. The Morgan fingerprint density at radius 1 is 1.00 bits per heavy atom. The first-order valence-electron chi connectivity index (χ1n) is 8.25. The number of hydrogen-bond acceptors (Lipinski definition) is 4. The fraction of sp³-hybridized carbons (Fsp3) is 0.400. The van der Waals surface area contributed by atoms with E-state index in [0.29, 0.717) is 19.3 Å². The lowest BCUT2D eigenvalue weighted by molar-refractivity contribution is 0.0639. The van der Waals surface area contributed by atoms with Gasteiger partial charge in [0.05, 0.1) is 27.4 Å². The molecule has 1 atom stereocenters. The van der Waals surface area contributed by atoms with Gasteiger partial charge in [-0.15, -0.1) is 0 Å². The molecule has 1 aliphatic heterocycles. The van der Waals surface area contributed by atoms with E-state index in [0.717, 1.165) is 18.0 Å². The van der Waals surface area contributed by atoms with Gasteiger partial charge in [0.1, 0.15) is 0 Å². The van der Waals surface area contributed by atoms with Gasteiger partial charge < -0.3 is 14.2 Å². The maximum Gasteiger partial charge on any atom is 0.161 e. The van der Waals surface area contributed by atoms with Crippen molar-refractivity contribution in [3.8, 4) is 22.6 Å². The van der Waals surface area contributed by atoms with Gasteiger partial charge in [-0.25, -0.2) is 0 Å². The highest BCUT2D eigenvalue weighted by Gasteiger charge is 2.20. The van der Waals surface area contributed by atoms with E-state index >= 15 is 0 Å². The fourth-order valence-corrected chi connectivity index (χ4v) is 3.10. The third-order valence-electron chi connectivity index (χ3n) is 4.71. The summed E-state index contributed by atoms with van der Waals surface area (Å²) in [6.45, 7) is 4.35. The van der Waals surface area contributed by atoms with E-state index in [4.69, 9.17) is 14.2 Å². The van der Waals surface area contributed by atoms with Gasteiger partial charge >= 0.3 is 0 Å². The van der Waals surface area contributed by atoms with Crippen molar-refractivity contribution in [3.63, 3.8) is 0 Å². The molecule has 0 unspecified atom stereocenters. The highest BCUT2D eigenvalue weighted by molar-refractivity contribution is 5.74. The quantitative estimate of drug-likeness (QED) is 0.841. The number of methoxy groups -OCH3 is 2. The largest absolute Gasteiger partial charge is 0.493 e. The molecule has 2 aromatic rings. The fourth-order valence-electron chi connectivity index (χ4n) is 3.10. The third kappa shape index (κ3) is 3.25. The summed E-state index contributed by atoms with van der Waals surface area (Å²) in [6.07, 6.45) is 0. The molecule has 0 saturated heterocycles. The van der Waals surface area contributed by atoms with E-state index < -0.39 is 0 Å². The Bertz CT molecular complexity index is 714. The van der Waals surface area contributed by atoms with Crippen molar-refractivity contribution in [1.29, 1.82) is 0 Å². The SMILES string of the molecule is COc1cc2c(cc1OC)-c1ccccc1COC[C@@H](C)N(C)C2. The summed E-state index contributed by atoms with van der Waals surface area (Å²) in [4.78, 5) is 2.30. The zero-order valence-electron chi connectivity index (χ0n) is 14.8. The zero-order chi connectivity index (χ0) is 17.1. The van der Waals surface area contributed by atoms with E-state index in [2.05, 4.69) is 55.3 Å². The molecule has 1 heterocycles. The molecule has 0 aromatic heterocycles. The zero-order valence-corrected chi connectivity index (χ0v) is 14.8. The first-order valence-corrected chi connectivity index (χ1v) is 8.25. The van der Waals surface area contributed by atoms with Gasteiger partial charge in [0.25, 0.3) is 0 Å². The summed E-state index contributed by atoms with van der Waals surface area (Å²) in [7, 11) is 5.48. The molecule has 0 spiro atoms. The summed E-state index contributed by atoms with van der Waals surface area (Å²) in [5.41, 5.74) is 4.79. The average Bonchev–Trinajstić information content (AvgIpc) is 2.61. The Hall–Kier alpha value is -2.04. The average molecular weight is 327 g/mol. The Morgan fingerprint density at radius 2 is 1.71 bits per heavy atom. The second-order valence-electron chi connectivity index (χ2n) is 6.30. The van der Waals surface area contributed by atoms with Crippen LogP contribution < -0.4 is 9.47 Å². The van der Waals surface area contributed by atoms with Gasteiger partial charge in [-0.3, -0.25) is 4.90 Å². The lowest BCUT2D eigenvalue weighted by Gasteiger charge is -2.28. The van der Waals surface area contributed by atoms with Gasteiger partial charge in [0.15, 0.2) is 11.5 Å². The van der Waals surface area contributed by atoms with E-state index in [9.17, 15) is 0 Å². The molecule has 0 N–H and O–H groups in total. The van der Waals surface area contributed by atoms with Crippen molar-refractivity contribution in [3.05, 3.63) is 47.5 Å². The summed E-state index contributed by atoms with van der Waals surface area (Å²) in [6, 6.07) is 12.9. The lowest BCUT2D eigenvalue weighted by Crippen LogP contribution is -2.33. The van der Waals surface area contributed by atoms with Crippen LogP contribution in [-0.4, -0.2) is 38.8 Å². The monoisotopic (exact) mass is 327 g/mol. The number of hydrogen-bond donors (Lipinski definition) is 0. The van der Waals surface area contributed by atoms with Crippen molar-refractivity contribution in [2.75, 3.05) is 27.9 Å². The predicted molar refractivity (Wildman–Crippen MR) is 95.6 cm³/mol. The normalized spacial score (nSPS) is 18.4. The molecule has 0 bridgehead atoms. The second kappa shape index (κ2) is 7.24. The third-order valence-corrected chi connectivity index (χ3v) is 4.71. The molecule has 0 radical (unpaired) electrons. The number of ether oxygens (including phenoxy) is 3. The van der Waals surface area contributed by atoms with E-state index in [1.807, 2.05) is 0 Å². The van der Waals surface area contributed by atoms with Gasteiger partial charge in [-0.2, -0.15) is 0 Å². The first-order chi connectivity index (χ1) is 11.6. The van der Waals surface area contributed by atoms with Crippen LogP contribution in [0.1, 0.15) is 18.1 Å². The minimum Gasteiger partial charge on any atom is -0.493 e. The molecule has 1 aliphatic rings. The summed E-state index contributed by atoms with van der Waals surface area (Å²) in [5, 5.41) is 0.